The number of nitrogens with two attached hydrogens (primary N) is 1. The number of rotatable bonds is 11. The van der Waals surface area contributed by atoms with Gasteiger partial charge < -0.3 is 14.6 Å². The van der Waals surface area contributed by atoms with E-state index in [2.05, 4.69) is 32.2 Å². The summed E-state index contributed by atoms with van der Waals surface area (Å²) in [6.45, 7) is -2.13. The summed E-state index contributed by atoms with van der Waals surface area (Å²) in [5.74, 6) is -0.278. The number of aliphatic hydroxyl groups is 1. The quantitative estimate of drug-likeness (QED) is 0.122. The van der Waals surface area contributed by atoms with Crippen LogP contribution in [-0.4, -0.2) is 40.8 Å². The zero-order valence-corrected chi connectivity index (χ0v) is 24.8. The second-order valence-electron chi connectivity index (χ2n) is 10.6. The summed E-state index contributed by atoms with van der Waals surface area (Å²) in [5, 5.41) is 16.1. The summed E-state index contributed by atoms with van der Waals surface area (Å²) in [5.41, 5.74) is 1.06. The average Bonchev–Trinajstić information content (AvgIpc) is 3.56. The van der Waals surface area contributed by atoms with Gasteiger partial charge in [-0.1, -0.05) is 41.2 Å². The van der Waals surface area contributed by atoms with Crippen LogP contribution in [-0.2, 0) is 29.5 Å². The molecule has 1 aromatic heterocycles. The van der Waals surface area contributed by atoms with E-state index in [9.17, 15) is 27.1 Å². The first-order valence-electron chi connectivity index (χ1n) is 14.2. The van der Waals surface area contributed by atoms with Gasteiger partial charge in [0, 0.05) is 29.0 Å². The van der Waals surface area contributed by atoms with Gasteiger partial charge in [-0.3, -0.25) is 4.98 Å². The lowest BCUT2D eigenvalue weighted by Gasteiger charge is -2.37. The van der Waals surface area contributed by atoms with E-state index in [1.165, 1.54) is 11.6 Å². The topological polar surface area (TPSA) is 95.8 Å². The van der Waals surface area contributed by atoms with Gasteiger partial charge in [0.25, 0.3) is 0 Å². The highest BCUT2D eigenvalue weighted by atomic mass is 19.4. The molecule has 250 valence electrons. The van der Waals surface area contributed by atoms with Gasteiger partial charge in [0.15, 0.2) is 11.9 Å². The number of hydrogen-bond donors (Lipinski definition) is 3. The highest BCUT2D eigenvalue weighted by molar-refractivity contribution is 5.54. The standard InChI is InChI=1S/C33H26F7N5O3/c34-26-10-13-28(29(35)15-26)31(46,19-45-21-42-43-44-45)33(39,40)30-14-9-23(16-41-30)2-1-22-7-11-27(12-8-22)48-18-25-5-3-24(4-6-25)17-47-20-32(36,37)38/h3-16,21,43-44,46H,17-20H2/p+1. The fourth-order valence-electron chi connectivity index (χ4n) is 4.59. The molecule has 15 heteroatoms. The predicted molar refractivity (Wildman–Crippen MR) is 158 cm³/mol. The molecule has 48 heavy (non-hydrogen) atoms. The summed E-state index contributed by atoms with van der Waals surface area (Å²) < 4.78 is 107. The fourth-order valence-corrected chi connectivity index (χ4v) is 4.59. The molecule has 0 radical (unpaired) electrons. The molecule has 4 aromatic rings. The number of nitrogens with zero attached hydrogens (tertiary/aromatic N) is 3. The van der Waals surface area contributed by atoms with Crippen LogP contribution in [0.3, 0.4) is 0 Å². The van der Waals surface area contributed by atoms with Crippen LogP contribution in [0, 0.1) is 23.5 Å². The van der Waals surface area contributed by atoms with Crippen molar-refractivity contribution in [1.82, 2.24) is 15.5 Å². The minimum Gasteiger partial charge on any atom is -0.489 e. The molecule has 0 amide bonds. The minimum atomic E-state index is -4.38. The van der Waals surface area contributed by atoms with Crippen LogP contribution in [0.25, 0.3) is 0 Å². The van der Waals surface area contributed by atoms with Gasteiger partial charge in [0.2, 0.25) is 0 Å². The van der Waals surface area contributed by atoms with Crippen molar-refractivity contribution in [2.24, 2.45) is 5.10 Å². The van der Waals surface area contributed by atoms with Crippen molar-refractivity contribution >= 4 is 6.34 Å². The van der Waals surface area contributed by atoms with Gasteiger partial charge in [-0.25, -0.2) is 13.8 Å². The molecule has 2 heterocycles. The van der Waals surface area contributed by atoms with Crippen molar-refractivity contribution in [3.63, 3.8) is 0 Å². The maximum Gasteiger partial charge on any atom is 0.411 e. The normalized spacial score (nSPS) is 14.4. The predicted octanol–water partition coefficient (Wildman–Crippen LogP) is 4.64. The molecule has 8 nitrogen and oxygen atoms in total. The third-order valence-corrected chi connectivity index (χ3v) is 7.05. The zero-order chi connectivity index (χ0) is 34.4. The molecule has 3 aromatic carbocycles. The Morgan fingerprint density at radius 2 is 1.50 bits per heavy atom. The number of β-amino-alcohol motifs (C(OH)–C–C–N with tert-alkyl or cyclic N) is 1. The van der Waals surface area contributed by atoms with E-state index in [1.54, 1.807) is 48.5 Å². The lowest BCUT2D eigenvalue weighted by Crippen LogP contribution is -2.87. The Kier molecular flexibility index (Phi) is 10.3. The molecule has 5 rings (SSSR count). The first-order valence-corrected chi connectivity index (χ1v) is 14.2. The van der Waals surface area contributed by atoms with E-state index in [1.807, 2.05) is 0 Å². The molecule has 1 aliphatic rings. The number of benzene rings is 3. The van der Waals surface area contributed by atoms with Gasteiger partial charge in [-0.05, 0) is 65.2 Å². The van der Waals surface area contributed by atoms with E-state index in [4.69, 9.17) is 4.74 Å². The molecule has 1 atom stereocenters. The Bertz CT molecular complexity index is 1790. The van der Waals surface area contributed by atoms with Gasteiger partial charge in [0.1, 0.15) is 36.3 Å². The molecule has 0 aliphatic carbocycles. The van der Waals surface area contributed by atoms with Crippen LogP contribution in [0.1, 0.15) is 33.5 Å². The van der Waals surface area contributed by atoms with Crippen LogP contribution in [0.5, 0.6) is 5.75 Å². The number of alkyl halides is 5. The van der Waals surface area contributed by atoms with Crippen LogP contribution < -0.4 is 15.8 Å². The summed E-state index contributed by atoms with van der Waals surface area (Å²) in [7, 11) is 0. The number of nitrogens with one attached hydrogen (secondary N) is 1. The zero-order valence-electron chi connectivity index (χ0n) is 24.8. The SMILES string of the molecule is OC(CN1C=N[NH2+]N1)(c1ccc(F)cc1F)C(F)(F)c1ccc(C#Cc2ccc(OCc3ccc(COCC(F)(F)F)cc3)cc2)cn1. The molecule has 0 spiro atoms. The number of aromatic nitrogens is 1. The third kappa shape index (κ3) is 8.47. The summed E-state index contributed by atoms with van der Waals surface area (Å²) >= 11 is 0. The highest BCUT2D eigenvalue weighted by Crippen LogP contribution is 2.46. The maximum absolute atomic E-state index is 15.9. The largest absolute Gasteiger partial charge is 0.489 e. The second-order valence-corrected chi connectivity index (χ2v) is 10.6. The summed E-state index contributed by atoms with van der Waals surface area (Å²) in [4.78, 5) is 3.81. The average molecular weight is 675 g/mol. The Morgan fingerprint density at radius 1 is 0.833 bits per heavy atom. The monoisotopic (exact) mass is 674 g/mol. The Hall–Kier alpha value is -5.01. The number of pyridine rings is 1. The van der Waals surface area contributed by atoms with Gasteiger partial charge >= 0.3 is 12.1 Å². The molecule has 0 saturated heterocycles. The number of hydrogen-bond acceptors (Lipinski definition) is 7. The van der Waals surface area contributed by atoms with Crippen molar-refractivity contribution in [3.8, 4) is 17.6 Å². The van der Waals surface area contributed by atoms with Crippen molar-refractivity contribution in [2.75, 3.05) is 13.2 Å². The van der Waals surface area contributed by atoms with Gasteiger partial charge in [-0.15, -0.1) is 5.53 Å². The van der Waals surface area contributed by atoms with Crippen molar-refractivity contribution < 1.29 is 50.8 Å². The van der Waals surface area contributed by atoms with Crippen LogP contribution >= 0.6 is 0 Å². The molecule has 0 bridgehead atoms. The number of ether oxygens (including phenoxy) is 2. The molecular weight excluding hydrogens is 647 g/mol. The highest BCUT2D eigenvalue weighted by Gasteiger charge is 2.58. The smallest absolute Gasteiger partial charge is 0.411 e. The number of halogens is 7. The molecule has 1 aliphatic heterocycles. The molecular formula is C33H27F7N5O3+. The van der Waals surface area contributed by atoms with E-state index >= 15 is 8.78 Å². The minimum absolute atomic E-state index is 0.163. The first-order chi connectivity index (χ1) is 22.8. The van der Waals surface area contributed by atoms with Crippen LogP contribution in [0.4, 0.5) is 30.7 Å². The van der Waals surface area contributed by atoms with Gasteiger partial charge in [-0.2, -0.15) is 22.0 Å². The Morgan fingerprint density at radius 3 is 2.10 bits per heavy atom. The molecule has 4 N–H and O–H groups in total. The van der Waals surface area contributed by atoms with E-state index in [0.717, 1.165) is 41.3 Å². The van der Waals surface area contributed by atoms with Crippen molar-refractivity contribution in [1.29, 1.82) is 0 Å². The van der Waals surface area contributed by atoms with Crippen LogP contribution in [0.15, 0.2) is 90.2 Å². The van der Waals surface area contributed by atoms with Crippen molar-refractivity contribution in [3.05, 3.63) is 130 Å². The van der Waals surface area contributed by atoms with Gasteiger partial charge in [0.05, 0.1) is 13.2 Å². The summed E-state index contributed by atoms with van der Waals surface area (Å²) in [6, 6.07) is 17.7. The molecule has 1 unspecified atom stereocenters. The van der Waals surface area contributed by atoms with E-state index < -0.39 is 53.7 Å². The second kappa shape index (κ2) is 14.4. The van der Waals surface area contributed by atoms with Crippen LogP contribution in [0.2, 0.25) is 0 Å². The first kappa shape index (κ1) is 34.3. The van der Waals surface area contributed by atoms with E-state index in [0.29, 0.717) is 22.9 Å². The maximum atomic E-state index is 15.9. The fraction of sp³-hybridized carbons (Fsp3) is 0.212. The molecule has 0 saturated carbocycles. The Labute approximate surface area is 269 Å². The Balaban J connectivity index is 1.22. The molecule has 0 fully saturated rings. The third-order valence-electron chi connectivity index (χ3n) is 7.05. The summed E-state index contributed by atoms with van der Waals surface area (Å²) in [6.07, 6.45) is -2.17. The van der Waals surface area contributed by atoms with Crippen molar-refractivity contribution in [2.45, 2.75) is 30.9 Å². The van der Waals surface area contributed by atoms with E-state index in [-0.39, 0.29) is 18.8 Å². The lowest BCUT2D eigenvalue weighted by molar-refractivity contribution is -0.725. The number of hydrazine groups is 1. The number of quaternary nitrogens is 1. The lowest BCUT2D eigenvalue weighted by atomic mass is 9.84.